The van der Waals surface area contributed by atoms with Gasteiger partial charge in [-0.05, 0) is 42.9 Å². The number of fused-ring (bicyclic) bond motifs is 1. The molecule has 3 nitrogen and oxygen atoms in total. The van der Waals surface area contributed by atoms with Gasteiger partial charge in [0.2, 0.25) is 0 Å². The van der Waals surface area contributed by atoms with Crippen molar-refractivity contribution in [2.24, 2.45) is 12.8 Å². The molecule has 2 unspecified atom stereocenters. The first-order valence-electron chi connectivity index (χ1n) is 7.37. The smallest absolute Gasteiger partial charge is 0.0596 e. The summed E-state index contributed by atoms with van der Waals surface area (Å²) in [7, 11) is 2.00. The molecule has 2 aromatic rings. The van der Waals surface area contributed by atoms with Crippen molar-refractivity contribution in [3.05, 3.63) is 52.8 Å². The molecule has 1 aromatic carbocycles. The third-order valence-electron chi connectivity index (χ3n) is 4.65. The molecule has 0 amide bonds. The van der Waals surface area contributed by atoms with Gasteiger partial charge in [0.05, 0.1) is 5.69 Å². The van der Waals surface area contributed by atoms with Crippen LogP contribution >= 0.6 is 0 Å². The van der Waals surface area contributed by atoms with Crippen LogP contribution in [0.1, 0.15) is 48.2 Å². The zero-order valence-corrected chi connectivity index (χ0v) is 12.6. The van der Waals surface area contributed by atoms with E-state index in [1.54, 1.807) is 0 Å². The Bertz CT molecular complexity index is 629. The van der Waals surface area contributed by atoms with Gasteiger partial charge in [-0.2, -0.15) is 5.10 Å². The summed E-state index contributed by atoms with van der Waals surface area (Å²) in [5.41, 5.74) is 11.6. The topological polar surface area (TPSA) is 43.8 Å². The minimum Gasteiger partial charge on any atom is -0.321 e. The van der Waals surface area contributed by atoms with Crippen LogP contribution in [0.3, 0.4) is 0 Å². The van der Waals surface area contributed by atoms with Crippen LogP contribution in [0.25, 0.3) is 0 Å². The van der Waals surface area contributed by atoms with Crippen molar-refractivity contribution in [2.45, 2.75) is 44.6 Å². The second-order valence-corrected chi connectivity index (χ2v) is 6.26. The van der Waals surface area contributed by atoms with Gasteiger partial charge in [-0.25, -0.2) is 0 Å². The highest BCUT2D eigenvalue weighted by atomic mass is 15.3. The van der Waals surface area contributed by atoms with Gasteiger partial charge < -0.3 is 5.73 Å². The Morgan fingerprint density at radius 3 is 2.85 bits per heavy atom. The molecule has 0 saturated carbocycles. The lowest BCUT2D eigenvalue weighted by molar-refractivity contribution is 0.342. The number of nitrogens with zero attached hydrogens (tertiary/aromatic N) is 2. The summed E-state index contributed by atoms with van der Waals surface area (Å²) in [6, 6.07) is 10.8. The standard InChI is InChI=1S/C17H23N3/c1-12-8-9-17(18,16-7-5-4-6-15(12)16)11-14-10-13(2)19-20(14)3/h4-7,10,12H,8-9,11,18H2,1-3H3. The van der Waals surface area contributed by atoms with E-state index in [1.165, 1.54) is 16.8 Å². The summed E-state index contributed by atoms with van der Waals surface area (Å²) in [6.45, 7) is 4.33. The monoisotopic (exact) mass is 269 g/mol. The molecule has 0 radical (unpaired) electrons. The number of hydrogen-bond acceptors (Lipinski definition) is 2. The van der Waals surface area contributed by atoms with Crippen LogP contribution in [0.4, 0.5) is 0 Å². The maximum absolute atomic E-state index is 6.80. The van der Waals surface area contributed by atoms with Crippen LogP contribution in [0, 0.1) is 6.92 Å². The van der Waals surface area contributed by atoms with Gasteiger partial charge in [0.25, 0.3) is 0 Å². The van der Waals surface area contributed by atoms with Crippen molar-refractivity contribution in [1.82, 2.24) is 9.78 Å². The normalized spacial score (nSPS) is 25.5. The minimum absolute atomic E-state index is 0.261. The average Bonchev–Trinajstić information content (AvgIpc) is 2.73. The van der Waals surface area contributed by atoms with E-state index in [1.807, 2.05) is 18.7 Å². The van der Waals surface area contributed by atoms with Crippen LogP contribution in [-0.2, 0) is 19.0 Å². The minimum atomic E-state index is -0.261. The number of benzene rings is 1. The fraction of sp³-hybridized carbons (Fsp3) is 0.471. The van der Waals surface area contributed by atoms with Crippen molar-refractivity contribution in [3.8, 4) is 0 Å². The molecule has 0 bridgehead atoms. The highest BCUT2D eigenvalue weighted by Gasteiger charge is 2.35. The maximum Gasteiger partial charge on any atom is 0.0596 e. The van der Waals surface area contributed by atoms with E-state index in [4.69, 9.17) is 5.73 Å². The van der Waals surface area contributed by atoms with E-state index in [2.05, 4.69) is 42.4 Å². The molecular formula is C17H23N3. The summed E-state index contributed by atoms with van der Waals surface area (Å²) >= 11 is 0. The Hall–Kier alpha value is -1.61. The third kappa shape index (κ3) is 2.16. The first kappa shape index (κ1) is 13.4. The lowest BCUT2D eigenvalue weighted by atomic mass is 9.71. The van der Waals surface area contributed by atoms with Crippen molar-refractivity contribution in [3.63, 3.8) is 0 Å². The molecule has 1 aliphatic carbocycles. The predicted molar refractivity (Wildman–Crippen MR) is 81.6 cm³/mol. The van der Waals surface area contributed by atoms with Crippen LogP contribution in [-0.4, -0.2) is 9.78 Å². The van der Waals surface area contributed by atoms with Gasteiger partial charge in [-0.15, -0.1) is 0 Å². The summed E-state index contributed by atoms with van der Waals surface area (Å²) < 4.78 is 1.96. The predicted octanol–water partition coefficient (Wildman–Crippen LogP) is 3.02. The van der Waals surface area contributed by atoms with E-state index in [-0.39, 0.29) is 5.54 Å². The number of nitrogens with two attached hydrogens (primary N) is 1. The zero-order chi connectivity index (χ0) is 14.3. The van der Waals surface area contributed by atoms with E-state index in [0.29, 0.717) is 5.92 Å². The second-order valence-electron chi connectivity index (χ2n) is 6.26. The summed E-state index contributed by atoms with van der Waals surface area (Å²) in [5.74, 6) is 0.608. The van der Waals surface area contributed by atoms with Gasteiger partial charge in [0.15, 0.2) is 0 Å². The highest BCUT2D eigenvalue weighted by Crippen LogP contribution is 2.41. The number of rotatable bonds is 2. The highest BCUT2D eigenvalue weighted by molar-refractivity contribution is 5.39. The molecule has 1 aromatic heterocycles. The molecule has 0 aliphatic heterocycles. The molecule has 20 heavy (non-hydrogen) atoms. The molecular weight excluding hydrogens is 246 g/mol. The molecule has 2 atom stereocenters. The average molecular weight is 269 g/mol. The van der Waals surface area contributed by atoms with Crippen molar-refractivity contribution >= 4 is 0 Å². The summed E-state index contributed by atoms with van der Waals surface area (Å²) in [4.78, 5) is 0. The first-order chi connectivity index (χ1) is 9.49. The van der Waals surface area contributed by atoms with E-state index in [0.717, 1.165) is 25.0 Å². The van der Waals surface area contributed by atoms with Crippen molar-refractivity contribution in [2.75, 3.05) is 0 Å². The first-order valence-corrected chi connectivity index (χ1v) is 7.37. The molecule has 0 fully saturated rings. The fourth-order valence-electron chi connectivity index (χ4n) is 3.48. The van der Waals surface area contributed by atoms with Crippen LogP contribution in [0.15, 0.2) is 30.3 Å². The van der Waals surface area contributed by atoms with Crippen LogP contribution in [0.5, 0.6) is 0 Å². The Kier molecular flexibility index (Phi) is 3.17. The molecule has 1 aliphatic rings. The Balaban J connectivity index is 2.00. The second kappa shape index (κ2) is 4.74. The lowest BCUT2D eigenvalue weighted by Crippen LogP contribution is -2.43. The molecule has 2 N–H and O–H groups in total. The molecule has 0 saturated heterocycles. The van der Waals surface area contributed by atoms with Gasteiger partial charge in [-0.3, -0.25) is 4.68 Å². The molecule has 0 spiro atoms. The van der Waals surface area contributed by atoms with Crippen LogP contribution < -0.4 is 5.73 Å². The van der Waals surface area contributed by atoms with E-state index < -0.39 is 0 Å². The van der Waals surface area contributed by atoms with Crippen molar-refractivity contribution < 1.29 is 0 Å². The van der Waals surface area contributed by atoms with Gasteiger partial charge in [0.1, 0.15) is 0 Å². The van der Waals surface area contributed by atoms with E-state index >= 15 is 0 Å². The van der Waals surface area contributed by atoms with Crippen LogP contribution in [0.2, 0.25) is 0 Å². The summed E-state index contributed by atoms with van der Waals surface area (Å²) in [6.07, 6.45) is 3.05. The number of hydrogen-bond donors (Lipinski definition) is 1. The number of aromatic nitrogens is 2. The Morgan fingerprint density at radius 2 is 2.15 bits per heavy atom. The Labute approximate surface area is 120 Å². The van der Waals surface area contributed by atoms with Gasteiger partial charge in [0, 0.05) is 24.7 Å². The molecule has 106 valence electrons. The van der Waals surface area contributed by atoms with Gasteiger partial charge >= 0.3 is 0 Å². The molecule has 3 rings (SSSR count). The molecule has 3 heteroatoms. The zero-order valence-electron chi connectivity index (χ0n) is 12.6. The SMILES string of the molecule is Cc1cc(CC2(N)CCC(C)c3ccccc32)n(C)n1. The number of aryl methyl sites for hydroxylation is 2. The van der Waals surface area contributed by atoms with Crippen molar-refractivity contribution in [1.29, 1.82) is 0 Å². The largest absolute Gasteiger partial charge is 0.321 e. The quantitative estimate of drug-likeness (QED) is 0.910. The van der Waals surface area contributed by atoms with Gasteiger partial charge in [-0.1, -0.05) is 31.2 Å². The Morgan fingerprint density at radius 1 is 1.40 bits per heavy atom. The lowest BCUT2D eigenvalue weighted by Gasteiger charge is -2.38. The third-order valence-corrected chi connectivity index (χ3v) is 4.65. The fourth-order valence-corrected chi connectivity index (χ4v) is 3.48. The summed E-state index contributed by atoms with van der Waals surface area (Å²) in [5, 5.41) is 4.44. The van der Waals surface area contributed by atoms with E-state index in [9.17, 15) is 0 Å². The maximum atomic E-state index is 6.80. The molecule has 1 heterocycles.